The van der Waals surface area contributed by atoms with Gasteiger partial charge < -0.3 is 24.6 Å². The molecule has 0 amide bonds. The lowest BCUT2D eigenvalue weighted by Gasteiger charge is -2.35. The van der Waals surface area contributed by atoms with Gasteiger partial charge in [0.2, 0.25) is 5.96 Å². The van der Waals surface area contributed by atoms with Crippen molar-refractivity contribution >= 4 is 23.6 Å². The van der Waals surface area contributed by atoms with Gasteiger partial charge in [0.15, 0.2) is 5.75 Å². The Hall–Kier alpha value is -3.85. The molecule has 0 aromatic heterocycles. The number of fused-ring (bicyclic) bond motifs is 5. The second-order valence-electron chi connectivity index (χ2n) is 7.24. The van der Waals surface area contributed by atoms with Crippen molar-refractivity contribution in [3.8, 4) is 11.5 Å². The summed E-state index contributed by atoms with van der Waals surface area (Å²) in [7, 11) is 0. The summed E-state index contributed by atoms with van der Waals surface area (Å²) in [4.78, 5) is 28.7. The lowest BCUT2D eigenvalue weighted by Crippen LogP contribution is -2.48. The standard InChI is InChI=1S/C19H19N3O2.C4H4O4/c1-3-7-17-14(5-1)16-13-20-19(21-9-11-23-12-10-21)22(16)15-6-2-4-8-18(15)24-17;5-3(6)1-2-4(7)8/h1-8,16H,9-13H2;1-2H,(H,5,6)(H,7,8). The molecule has 9 nitrogen and oxygen atoms in total. The van der Waals surface area contributed by atoms with Crippen molar-refractivity contribution in [3.05, 3.63) is 66.2 Å². The first kappa shape index (κ1) is 21.4. The molecule has 0 bridgehead atoms. The van der Waals surface area contributed by atoms with Crippen molar-refractivity contribution in [2.75, 3.05) is 37.7 Å². The predicted octanol–water partition coefficient (Wildman–Crippen LogP) is 2.75. The molecule has 0 radical (unpaired) electrons. The van der Waals surface area contributed by atoms with Crippen molar-refractivity contribution in [3.63, 3.8) is 0 Å². The number of guanidine groups is 1. The summed E-state index contributed by atoms with van der Waals surface area (Å²) in [5, 5.41) is 15.6. The van der Waals surface area contributed by atoms with Crippen LogP contribution >= 0.6 is 0 Å². The van der Waals surface area contributed by atoms with Crippen LogP contribution in [0.4, 0.5) is 5.69 Å². The molecular formula is C23H23N3O6. The first-order valence-corrected chi connectivity index (χ1v) is 10.2. The third kappa shape index (κ3) is 4.57. The maximum atomic E-state index is 9.55. The molecule has 1 fully saturated rings. The normalized spacial score (nSPS) is 18.9. The first-order chi connectivity index (χ1) is 15.5. The van der Waals surface area contributed by atoms with E-state index in [1.54, 1.807) is 0 Å². The summed E-state index contributed by atoms with van der Waals surface area (Å²) in [6.07, 6.45) is 1.12. The number of morpholine rings is 1. The zero-order chi connectivity index (χ0) is 22.5. The number of aliphatic imine (C=N–C) groups is 1. The zero-order valence-electron chi connectivity index (χ0n) is 17.3. The van der Waals surface area contributed by atoms with Gasteiger partial charge in [-0.15, -0.1) is 0 Å². The van der Waals surface area contributed by atoms with E-state index in [-0.39, 0.29) is 6.04 Å². The molecule has 3 aliphatic heterocycles. The fourth-order valence-electron chi connectivity index (χ4n) is 3.85. The van der Waals surface area contributed by atoms with Crippen LogP contribution in [-0.4, -0.2) is 65.9 Å². The van der Waals surface area contributed by atoms with E-state index in [0.717, 1.165) is 56.0 Å². The Kier molecular flexibility index (Phi) is 6.37. The number of hydrogen-bond acceptors (Lipinski definition) is 7. The van der Waals surface area contributed by atoms with Gasteiger partial charge in [0.05, 0.1) is 31.5 Å². The van der Waals surface area contributed by atoms with Crippen LogP contribution in [0.25, 0.3) is 0 Å². The molecule has 0 saturated carbocycles. The molecule has 1 atom stereocenters. The number of rotatable bonds is 2. The van der Waals surface area contributed by atoms with Gasteiger partial charge in [-0.05, 0) is 18.2 Å². The molecule has 0 aliphatic carbocycles. The summed E-state index contributed by atoms with van der Waals surface area (Å²) < 4.78 is 11.7. The van der Waals surface area contributed by atoms with Crippen LogP contribution in [-0.2, 0) is 14.3 Å². The van der Waals surface area contributed by atoms with Crippen molar-refractivity contribution in [2.45, 2.75) is 6.04 Å². The fraction of sp³-hybridized carbons (Fsp3) is 0.261. The lowest BCUT2D eigenvalue weighted by molar-refractivity contribution is -0.134. The SMILES string of the molecule is O=C(O)C=CC(=O)O.c1ccc2c(c1)Oc1ccccc1N1C(N3CCOCC3)=NCC21. The van der Waals surface area contributed by atoms with Crippen LogP contribution in [0, 0.1) is 0 Å². The van der Waals surface area contributed by atoms with Crippen LogP contribution in [0.3, 0.4) is 0 Å². The summed E-state index contributed by atoms with van der Waals surface area (Å²) in [6.45, 7) is 4.03. The van der Waals surface area contributed by atoms with Gasteiger partial charge in [0, 0.05) is 30.8 Å². The van der Waals surface area contributed by atoms with Crippen molar-refractivity contribution in [1.29, 1.82) is 0 Å². The van der Waals surface area contributed by atoms with Crippen LogP contribution < -0.4 is 9.64 Å². The molecule has 3 aliphatic rings. The van der Waals surface area contributed by atoms with Gasteiger partial charge in [-0.1, -0.05) is 30.3 Å². The topological polar surface area (TPSA) is 112 Å². The van der Waals surface area contributed by atoms with E-state index in [2.05, 4.69) is 34.1 Å². The van der Waals surface area contributed by atoms with Gasteiger partial charge in [-0.2, -0.15) is 0 Å². The van der Waals surface area contributed by atoms with Gasteiger partial charge in [-0.25, -0.2) is 9.59 Å². The zero-order valence-corrected chi connectivity index (χ0v) is 17.3. The predicted molar refractivity (Wildman–Crippen MR) is 117 cm³/mol. The second kappa shape index (κ2) is 9.52. The fourth-order valence-corrected chi connectivity index (χ4v) is 3.85. The molecule has 2 aromatic rings. The number of aliphatic carboxylic acids is 2. The Morgan fingerprint density at radius 1 is 0.938 bits per heavy atom. The summed E-state index contributed by atoms with van der Waals surface area (Å²) in [6, 6.07) is 16.7. The highest BCUT2D eigenvalue weighted by Crippen LogP contribution is 2.46. The van der Waals surface area contributed by atoms with E-state index >= 15 is 0 Å². The van der Waals surface area contributed by atoms with E-state index in [9.17, 15) is 9.59 Å². The van der Waals surface area contributed by atoms with Crippen molar-refractivity contribution in [2.24, 2.45) is 4.99 Å². The number of carboxylic acid groups (broad SMARTS) is 2. The first-order valence-electron chi connectivity index (χ1n) is 10.2. The van der Waals surface area contributed by atoms with Gasteiger partial charge >= 0.3 is 11.9 Å². The van der Waals surface area contributed by atoms with Gasteiger partial charge in [-0.3, -0.25) is 9.89 Å². The minimum absolute atomic E-state index is 0.183. The number of para-hydroxylation sites is 3. The maximum Gasteiger partial charge on any atom is 0.328 e. The average molecular weight is 437 g/mol. The van der Waals surface area contributed by atoms with E-state index in [1.165, 1.54) is 5.56 Å². The third-order valence-corrected chi connectivity index (χ3v) is 5.22. The molecule has 32 heavy (non-hydrogen) atoms. The van der Waals surface area contributed by atoms with Crippen LogP contribution in [0.2, 0.25) is 0 Å². The van der Waals surface area contributed by atoms with E-state index in [1.807, 2.05) is 24.3 Å². The molecule has 1 saturated heterocycles. The summed E-state index contributed by atoms with van der Waals surface area (Å²) >= 11 is 0. The van der Waals surface area contributed by atoms with Crippen molar-refractivity contribution < 1.29 is 29.3 Å². The molecule has 1 unspecified atom stereocenters. The largest absolute Gasteiger partial charge is 0.478 e. The monoisotopic (exact) mass is 437 g/mol. The van der Waals surface area contributed by atoms with Crippen LogP contribution in [0.5, 0.6) is 11.5 Å². The molecule has 9 heteroatoms. The number of anilines is 1. The Morgan fingerprint density at radius 3 is 2.25 bits per heavy atom. The second-order valence-corrected chi connectivity index (χ2v) is 7.24. The minimum Gasteiger partial charge on any atom is -0.478 e. The maximum absolute atomic E-state index is 9.55. The number of benzene rings is 2. The minimum atomic E-state index is -1.26. The highest BCUT2D eigenvalue weighted by atomic mass is 16.5. The van der Waals surface area contributed by atoms with Gasteiger partial charge in [0.25, 0.3) is 0 Å². The number of carbonyl (C=O) groups is 2. The highest BCUT2D eigenvalue weighted by Gasteiger charge is 2.38. The number of hydrogen-bond donors (Lipinski definition) is 2. The average Bonchev–Trinajstić information content (AvgIpc) is 3.18. The van der Waals surface area contributed by atoms with E-state index in [0.29, 0.717) is 12.2 Å². The molecule has 2 aromatic carbocycles. The van der Waals surface area contributed by atoms with E-state index < -0.39 is 11.9 Å². The quantitative estimate of drug-likeness (QED) is 0.690. The van der Waals surface area contributed by atoms with Crippen molar-refractivity contribution in [1.82, 2.24) is 4.90 Å². The smallest absolute Gasteiger partial charge is 0.328 e. The Labute approximate surface area is 184 Å². The number of carboxylic acids is 2. The number of ether oxygens (including phenoxy) is 2. The Morgan fingerprint density at radius 2 is 1.56 bits per heavy atom. The van der Waals surface area contributed by atoms with E-state index in [4.69, 9.17) is 24.7 Å². The highest BCUT2D eigenvalue weighted by molar-refractivity contribution is 6.00. The molecule has 3 heterocycles. The Bertz CT molecular complexity index is 1050. The van der Waals surface area contributed by atoms with Gasteiger partial charge in [0.1, 0.15) is 5.75 Å². The molecule has 0 spiro atoms. The van der Waals surface area contributed by atoms with Crippen LogP contribution in [0.1, 0.15) is 11.6 Å². The molecule has 2 N–H and O–H groups in total. The Balaban J connectivity index is 0.000000265. The summed E-state index contributed by atoms with van der Waals surface area (Å²) in [5.41, 5.74) is 2.28. The molecule has 5 rings (SSSR count). The van der Waals surface area contributed by atoms with Crippen LogP contribution in [0.15, 0.2) is 65.7 Å². The molecule has 166 valence electrons. The summed E-state index contributed by atoms with van der Waals surface area (Å²) in [5.74, 6) is 0.335. The third-order valence-electron chi connectivity index (χ3n) is 5.22. The molecular weight excluding hydrogens is 414 g/mol. The lowest BCUT2D eigenvalue weighted by atomic mass is 10.1. The number of nitrogens with zero attached hydrogens (tertiary/aromatic N) is 3.